The molecule has 0 radical (unpaired) electrons. The van der Waals surface area contributed by atoms with Crippen molar-refractivity contribution in [2.75, 3.05) is 14.2 Å². The highest BCUT2D eigenvalue weighted by Gasteiger charge is 2.20. The number of benzene rings is 1. The molecule has 0 atom stereocenters. The molecular weight excluding hydrogens is 251 g/mol. The molecule has 0 saturated heterocycles. The second-order valence-corrected chi connectivity index (χ2v) is 4.28. The molecule has 5 heteroatoms. The van der Waals surface area contributed by atoms with Crippen molar-refractivity contribution in [1.82, 2.24) is 0 Å². The van der Waals surface area contributed by atoms with Crippen molar-refractivity contribution in [1.29, 1.82) is 0 Å². The van der Waals surface area contributed by atoms with Gasteiger partial charge in [-0.15, -0.1) is 0 Å². The van der Waals surface area contributed by atoms with Gasteiger partial charge in [0.2, 0.25) is 0 Å². The van der Waals surface area contributed by atoms with Crippen molar-refractivity contribution >= 4 is 29.0 Å². The summed E-state index contributed by atoms with van der Waals surface area (Å²) < 4.78 is 10.2. The Morgan fingerprint density at radius 3 is 2.19 bits per heavy atom. The predicted octanol–water partition coefficient (Wildman–Crippen LogP) is 3.00. The average Bonchev–Trinajstić information content (AvgIpc) is 2.27. The minimum Gasteiger partial charge on any atom is -0.496 e. The molecule has 0 unspecified atom stereocenters. The van der Waals surface area contributed by atoms with Crippen LogP contribution in [0.5, 0.6) is 11.5 Å². The largest absolute Gasteiger partial charge is 0.496 e. The summed E-state index contributed by atoms with van der Waals surface area (Å²) in [5.41, 5.74) is 1.19. The number of carbonyl (C=O) groups excluding carboxylic acids is 1. The highest BCUT2D eigenvalue weighted by atomic mass is 35.5. The van der Waals surface area contributed by atoms with Crippen LogP contribution in [0, 0.1) is 6.92 Å². The minimum absolute atomic E-state index is 0.319. The number of hydrogen-bond donors (Lipinski definition) is 0. The fraction of sp³-hybridized carbons (Fsp3) is 0.364. The van der Waals surface area contributed by atoms with Crippen LogP contribution >= 0.6 is 23.2 Å². The van der Waals surface area contributed by atoms with Gasteiger partial charge in [0.05, 0.1) is 19.8 Å². The number of ether oxygens (including phenoxy) is 2. The number of ketones is 1. The molecule has 0 aliphatic carbocycles. The van der Waals surface area contributed by atoms with Crippen LogP contribution in [0.1, 0.15) is 15.9 Å². The molecule has 0 N–H and O–H groups in total. The summed E-state index contributed by atoms with van der Waals surface area (Å²) >= 11 is 11.1. The predicted molar refractivity (Wildman–Crippen MR) is 64.1 cm³/mol. The first-order valence-electron chi connectivity index (χ1n) is 4.56. The van der Waals surface area contributed by atoms with Crippen LogP contribution < -0.4 is 9.47 Å². The Bertz CT molecular complexity index is 402. The molecule has 16 heavy (non-hydrogen) atoms. The molecule has 88 valence electrons. The maximum atomic E-state index is 11.7. The molecule has 0 bridgehead atoms. The third kappa shape index (κ3) is 2.60. The third-order valence-corrected chi connectivity index (χ3v) is 2.58. The van der Waals surface area contributed by atoms with Gasteiger partial charge in [-0.05, 0) is 24.6 Å². The van der Waals surface area contributed by atoms with Gasteiger partial charge in [0.1, 0.15) is 11.5 Å². The summed E-state index contributed by atoms with van der Waals surface area (Å²) in [6.07, 6.45) is 0. The Morgan fingerprint density at radius 1 is 1.19 bits per heavy atom. The number of rotatable bonds is 4. The fourth-order valence-corrected chi connectivity index (χ4v) is 1.60. The van der Waals surface area contributed by atoms with E-state index in [1.54, 1.807) is 12.1 Å². The topological polar surface area (TPSA) is 35.5 Å². The second kappa shape index (κ2) is 5.41. The highest BCUT2D eigenvalue weighted by molar-refractivity contribution is 6.55. The smallest absolute Gasteiger partial charge is 0.199 e. The summed E-state index contributed by atoms with van der Waals surface area (Å²) in [5, 5.41) is 0. The molecule has 0 aliphatic rings. The van der Waals surface area contributed by atoms with E-state index in [1.807, 2.05) is 6.92 Å². The monoisotopic (exact) mass is 262 g/mol. The van der Waals surface area contributed by atoms with Crippen LogP contribution in [0.4, 0.5) is 0 Å². The van der Waals surface area contributed by atoms with Crippen LogP contribution in [-0.2, 0) is 0 Å². The van der Waals surface area contributed by atoms with E-state index < -0.39 is 10.6 Å². The standard InChI is InChI=1S/C11H12Cl2O3/c1-6-4-9(16-3)7(5-8(6)15-2)10(14)11(12)13/h4-5,11H,1-3H3. The van der Waals surface area contributed by atoms with Gasteiger partial charge < -0.3 is 9.47 Å². The average molecular weight is 263 g/mol. The highest BCUT2D eigenvalue weighted by Crippen LogP contribution is 2.30. The van der Waals surface area contributed by atoms with E-state index in [0.29, 0.717) is 17.1 Å². The summed E-state index contributed by atoms with van der Waals surface area (Å²) in [7, 11) is 3.01. The normalized spacial score (nSPS) is 10.4. The molecular formula is C11H12Cl2O3. The Morgan fingerprint density at radius 2 is 1.75 bits per heavy atom. The van der Waals surface area contributed by atoms with Gasteiger partial charge in [0.25, 0.3) is 0 Å². The molecule has 0 amide bonds. The molecule has 0 spiro atoms. The van der Waals surface area contributed by atoms with E-state index in [1.165, 1.54) is 14.2 Å². The molecule has 0 saturated carbocycles. The number of alkyl halides is 2. The zero-order valence-electron chi connectivity index (χ0n) is 9.21. The second-order valence-electron chi connectivity index (χ2n) is 3.19. The van der Waals surface area contributed by atoms with Gasteiger partial charge in [-0.2, -0.15) is 0 Å². The number of hydrogen-bond acceptors (Lipinski definition) is 3. The molecule has 0 heterocycles. The quantitative estimate of drug-likeness (QED) is 0.618. The van der Waals surface area contributed by atoms with E-state index in [0.717, 1.165) is 5.56 Å². The zero-order chi connectivity index (χ0) is 12.3. The first kappa shape index (κ1) is 13.1. The van der Waals surface area contributed by atoms with E-state index in [4.69, 9.17) is 32.7 Å². The fourth-order valence-electron chi connectivity index (χ4n) is 1.36. The van der Waals surface area contributed by atoms with Crippen molar-refractivity contribution in [2.45, 2.75) is 11.8 Å². The van der Waals surface area contributed by atoms with Crippen LogP contribution in [-0.4, -0.2) is 24.8 Å². The number of carbonyl (C=O) groups is 1. The maximum Gasteiger partial charge on any atom is 0.199 e. The number of halogens is 2. The lowest BCUT2D eigenvalue weighted by atomic mass is 10.1. The molecule has 1 rings (SSSR count). The minimum atomic E-state index is -1.11. The summed E-state index contributed by atoms with van der Waals surface area (Å²) in [6, 6.07) is 3.29. The van der Waals surface area contributed by atoms with E-state index >= 15 is 0 Å². The first-order valence-corrected chi connectivity index (χ1v) is 5.43. The Hall–Kier alpha value is -0.930. The first-order chi connectivity index (χ1) is 7.51. The Kier molecular flexibility index (Phi) is 4.44. The van der Waals surface area contributed by atoms with Gasteiger partial charge >= 0.3 is 0 Å². The van der Waals surface area contributed by atoms with Crippen molar-refractivity contribution in [3.8, 4) is 11.5 Å². The molecule has 3 nitrogen and oxygen atoms in total. The van der Waals surface area contributed by atoms with Gasteiger partial charge in [0, 0.05) is 0 Å². The van der Waals surface area contributed by atoms with Crippen molar-refractivity contribution in [2.24, 2.45) is 0 Å². The van der Waals surface area contributed by atoms with Gasteiger partial charge in [-0.25, -0.2) is 0 Å². The molecule has 0 aromatic heterocycles. The van der Waals surface area contributed by atoms with E-state index in [2.05, 4.69) is 0 Å². The van der Waals surface area contributed by atoms with Crippen molar-refractivity contribution < 1.29 is 14.3 Å². The summed E-state index contributed by atoms with van der Waals surface area (Å²) in [6.45, 7) is 1.86. The number of methoxy groups -OCH3 is 2. The molecule has 1 aromatic carbocycles. The van der Waals surface area contributed by atoms with Crippen LogP contribution in [0.25, 0.3) is 0 Å². The van der Waals surface area contributed by atoms with Gasteiger partial charge in [0.15, 0.2) is 10.6 Å². The molecule has 1 aromatic rings. The van der Waals surface area contributed by atoms with E-state index in [9.17, 15) is 4.79 Å². The van der Waals surface area contributed by atoms with Crippen molar-refractivity contribution in [3.63, 3.8) is 0 Å². The Labute approximate surface area is 104 Å². The summed E-state index contributed by atoms with van der Waals surface area (Å²) in [4.78, 5) is 10.6. The lowest BCUT2D eigenvalue weighted by Crippen LogP contribution is -2.10. The van der Waals surface area contributed by atoms with E-state index in [-0.39, 0.29) is 0 Å². The molecule has 0 fully saturated rings. The summed E-state index contributed by atoms with van der Waals surface area (Å²) in [5.74, 6) is 0.631. The third-order valence-electron chi connectivity index (χ3n) is 2.18. The van der Waals surface area contributed by atoms with Crippen molar-refractivity contribution in [3.05, 3.63) is 23.3 Å². The number of Topliss-reactive ketones (excluding diaryl/α,β-unsaturated/α-hetero) is 1. The van der Waals surface area contributed by atoms with Gasteiger partial charge in [-0.3, -0.25) is 4.79 Å². The lowest BCUT2D eigenvalue weighted by Gasteiger charge is -2.12. The van der Waals surface area contributed by atoms with Crippen LogP contribution in [0.3, 0.4) is 0 Å². The Balaban J connectivity index is 3.30. The zero-order valence-corrected chi connectivity index (χ0v) is 10.7. The SMILES string of the molecule is COc1cc(C(=O)C(Cl)Cl)c(OC)cc1C. The van der Waals surface area contributed by atoms with Crippen LogP contribution in [0.15, 0.2) is 12.1 Å². The van der Waals surface area contributed by atoms with Crippen LogP contribution in [0.2, 0.25) is 0 Å². The maximum absolute atomic E-state index is 11.7. The lowest BCUT2D eigenvalue weighted by molar-refractivity contribution is 0.100. The molecule has 0 aliphatic heterocycles. The number of aryl methyl sites for hydroxylation is 1. The van der Waals surface area contributed by atoms with Gasteiger partial charge in [-0.1, -0.05) is 23.2 Å².